The highest BCUT2D eigenvalue weighted by molar-refractivity contribution is 5.99. The Morgan fingerprint density at radius 3 is 2.94 bits per heavy atom. The van der Waals surface area contributed by atoms with E-state index in [1.54, 1.807) is 7.11 Å². The summed E-state index contributed by atoms with van der Waals surface area (Å²) in [7, 11) is 1.66. The van der Waals surface area contributed by atoms with Crippen LogP contribution in [-0.4, -0.2) is 45.5 Å². The van der Waals surface area contributed by atoms with Crippen molar-refractivity contribution < 1.29 is 4.74 Å². The summed E-state index contributed by atoms with van der Waals surface area (Å²) in [6.07, 6.45) is 0. The quantitative estimate of drug-likeness (QED) is 0.682. The SMILES string of the molecule is COCCNc1nn2nnnc2c2ccccc12. The van der Waals surface area contributed by atoms with Crippen molar-refractivity contribution in [2.45, 2.75) is 0 Å². The number of nitrogens with one attached hydrogen (secondary N) is 1. The topological polar surface area (TPSA) is 77.2 Å². The number of nitrogens with zero attached hydrogens (tertiary/aromatic N) is 5. The van der Waals surface area contributed by atoms with Crippen LogP contribution in [0, 0.1) is 0 Å². The summed E-state index contributed by atoms with van der Waals surface area (Å²) in [6, 6.07) is 7.89. The zero-order valence-corrected chi connectivity index (χ0v) is 9.87. The lowest BCUT2D eigenvalue weighted by Gasteiger charge is -2.08. The van der Waals surface area contributed by atoms with Crippen LogP contribution in [0.2, 0.25) is 0 Å². The van der Waals surface area contributed by atoms with E-state index in [1.807, 2.05) is 24.3 Å². The summed E-state index contributed by atoms with van der Waals surface area (Å²) in [6.45, 7) is 1.30. The van der Waals surface area contributed by atoms with Gasteiger partial charge in [-0.2, -0.15) is 0 Å². The van der Waals surface area contributed by atoms with E-state index < -0.39 is 0 Å². The van der Waals surface area contributed by atoms with Crippen LogP contribution >= 0.6 is 0 Å². The Morgan fingerprint density at radius 1 is 1.28 bits per heavy atom. The molecule has 0 radical (unpaired) electrons. The molecule has 18 heavy (non-hydrogen) atoms. The van der Waals surface area contributed by atoms with Crippen LogP contribution in [-0.2, 0) is 4.74 Å². The summed E-state index contributed by atoms with van der Waals surface area (Å²) < 4.78 is 6.44. The van der Waals surface area contributed by atoms with Crippen LogP contribution in [0.25, 0.3) is 16.4 Å². The average Bonchev–Trinajstić information content (AvgIpc) is 2.87. The van der Waals surface area contributed by atoms with Crippen molar-refractivity contribution in [1.82, 2.24) is 25.3 Å². The minimum Gasteiger partial charge on any atom is -0.383 e. The highest BCUT2D eigenvalue weighted by Crippen LogP contribution is 2.22. The first kappa shape index (κ1) is 10.8. The Morgan fingerprint density at radius 2 is 2.11 bits per heavy atom. The van der Waals surface area contributed by atoms with Crippen LogP contribution in [0.15, 0.2) is 24.3 Å². The van der Waals surface area contributed by atoms with E-state index >= 15 is 0 Å². The summed E-state index contributed by atoms with van der Waals surface area (Å²) in [4.78, 5) is 0. The Labute approximate surface area is 103 Å². The van der Waals surface area contributed by atoms with Crippen LogP contribution in [0.5, 0.6) is 0 Å². The average molecular weight is 244 g/mol. The summed E-state index contributed by atoms with van der Waals surface area (Å²) in [5, 5.41) is 21.0. The standard InChI is InChI=1S/C11H12N6O/c1-18-7-6-12-10-8-4-2-3-5-9(8)11-13-15-16-17(11)14-10/h2-5H,6-7H2,1H3,(H,12,14). The molecule has 7 nitrogen and oxygen atoms in total. The number of tetrazole rings is 1. The molecule has 0 atom stereocenters. The van der Waals surface area contributed by atoms with E-state index in [0.717, 1.165) is 16.6 Å². The molecule has 3 rings (SSSR count). The van der Waals surface area contributed by atoms with Crippen LogP contribution in [0.3, 0.4) is 0 Å². The minimum atomic E-state index is 0.615. The van der Waals surface area contributed by atoms with E-state index in [-0.39, 0.29) is 0 Å². The van der Waals surface area contributed by atoms with Gasteiger partial charge in [0.1, 0.15) is 0 Å². The third-order valence-corrected chi connectivity index (χ3v) is 2.67. The molecular formula is C11H12N6O. The lowest BCUT2D eigenvalue weighted by Crippen LogP contribution is -2.11. The van der Waals surface area contributed by atoms with E-state index in [1.165, 1.54) is 4.63 Å². The van der Waals surface area contributed by atoms with Gasteiger partial charge in [-0.15, -0.1) is 14.8 Å². The maximum Gasteiger partial charge on any atom is 0.207 e. The van der Waals surface area contributed by atoms with Gasteiger partial charge in [-0.25, -0.2) is 0 Å². The molecule has 2 heterocycles. The normalized spacial score (nSPS) is 11.2. The van der Waals surface area contributed by atoms with Crippen molar-refractivity contribution in [2.24, 2.45) is 0 Å². The third-order valence-electron chi connectivity index (χ3n) is 2.67. The third kappa shape index (κ3) is 1.74. The minimum absolute atomic E-state index is 0.615. The molecule has 1 aromatic carbocycles. The fourth-order valence-electron chi connectivity index (χ4n) is 1.85. The molecule has 0 unspecified atom stereocenters. The number of fused-ring (bicyclic) bond motifs is 3. The van der Waals surface area contributed by atoms with Gasteiger partial charge < -0.3 is 10.1 Å². The predicted molar refractivity (Wildman–Crippen MR) is 66.4 cm³/mol. The lowest BCUT2D eigenvalue weighted by atomic mass is 10.2. The first-order valence-corrected chi connectivity index (χ1v) is 5.60. The molecule has 0 saturated carbocycles. The van der Waals surface area contributed by atoms with Crippen LogP contribution in [0.1, 0.15) is 0 Å². The van der Waals surface area contributed by atoms with E-state index in [0.29, 0.717) is 18.8 Å². The number of aromatic nitrogens is 5. The van der Waals surface area contributed by atoms with E-state index in [9.17, 15) is 0 Å². The molecule has 0 aliphatic heterocycles. The van der Waals surface area contributed by atoms with Gasteiger partial charge >= 0.3 is 0 Å². The van der Waals surface area contributed by atoms with Crippen molar-refractivity contribution >= 4 is 22.2 Å². The molecule has 0 aliphatic carbocycles. The Hall–Kier alpha value is -2.28. The first-order chi connectivity index (χ1) is 8.90. The Kier molecular flexibility index (Phi) is 2.73. The fraction of sp³-hybridized carbons (Fsp3) is 0.273. The van der Waals surface area contributed by atoms with Gasteiger partial charge in [0.2, 0.25) is 5.65 Å². The largest absolute Gasteiger partial charge is 0.383 e. The van der Waals surface area contributed by atoms with Crippen molar-refractivity contribution in [3.05, 3.63) is 24.3 Å². The number of methoxy groups -OCH3 is 1. The zero-order chi connectivity index (χ0) is 12.4. The number of hydrogen-bond acceptors (Lipinski definition) is 6. The molecule has 7 heteroatoms. The van der Waals surface area contributed by atoms with Crippen molar-refractivity contribution in [3.8, 4) is 0 Å². The molecule has 1 N–H and O–H groups in total. The zero-order valence-electron chi connectivity index (χ0n) is 9.87. The van der Waals surface area contributed by atoms with Gasteiger partial charge in [0.25, 0.3) is 0 Å². The van der Waals surface area contributed by atoms with Gasteiger partial charge in [-0.05, 0) is 10.4 Å². The molecule has 0 amide bonds. The second-order valence-electron chi connectivity index (χ2n) is 3.81. The molecule has 0 bridgehead atoms. The molecular weight excluding hydrogens is 232 g/mol. The van der Waals surface area contributed by atoms with Gasteiger partial charge in [0, 0.05) is 24.4 Å². The predicted octanol–water partition coefficient (Wildman–Crippen LogP) is 0.731. The Bertz CT molecular complexity index is 679. The molecule has 2 aromatic heterocycles. The first-order valence-electron chi connectivity index (χ1n) is 5.60. The van der Waals surface area contributed by atoms with Gasteiger partial charge in [-0.1, -0.05) is 24.3 Å². The molecule has 0 spiro atoms. The molecule has 92 valence electrons. The molecule has 0 aliphatic rings. The fourth-order valence-corrected chi connectivity index (χ4v) is 1.85. The second-order valence-corrected chi connectivity index (χ2v) is 3.81. The number of benzene rings is 1. The molecule has 3 aromatic rings. The summed E-state index contributed by atoms with van der Waals surface area (Å²) >= 11 is 0. The number of hydrogen-bond donors (Lipinski definition) is 1. The van der Waals surface area contributed by atoms with Crippen LogP contribution in [0.4, 0.5) is 5.82 Å². The molecule has 0 saturated heterocycles. The van der Waals surface area contributed by atoms with Gasteiger partial charge in [-0.3, -0.25) is 0 Å². The Balaban J connectivity index is 2.14. The van der Waals surface area contributed by atoms with Gasteiger partial charge in [0.15, 0.2) is 5.82 Å². The highest BCUT2D eigenvalue weighted by Gasteiger charge is 2.09. The van der Waals surface area contributed by atoms with E-state index in [2.05, 4.69) is 25.9 Å². The lowest BCUT2D eigenvalue weighted by molar-refractivity contribution is 0.210. The maximum absolute atomic E-state index is 5.01. The van der Waals surface area contributed by atoms with Crippen molar-refractivity contribution in [1.29, 1.82) is 0 Å². The van der Waals surface area contributed by atoms with Gasteiger partial charge in [0.05, 0.1) is 6.61 Å². The highest BCUT2D eigenvalue weighted by atomic mass is 16.5. The van der Waals surface area contributed by atoms with E-state index in [4.69, 9.17) is 4.74 Å². The van der Waals surface area contributed by atoms with Crippen molar-refractivity contribution in [2.75, 3.05) is 25.6 Å². The number of anilines is 1. The summed E-state index contributed by atoms with van der Waals surface area (Å²) in [5.41, 5.74) is 0.655. The monoisotopic (exact) mass is 244 g/mol. The maximum atomic E-state index is 5.01. The second kappa shape index (κ2) is 4.53. The van der Waals surface area contributed by atoms with Crippen LogP contribution < -0.4 is 5.32 Å². The number of ether oxygens (including phenoxy) is 1. The smallest absolute Gasteiger partial charge is 0.207 e. The molecule has 0 fully saturated rings. The number of rotatable bonds is 4. The summed E-state index contributed by atoms with van der Waals surface area (Å²) in [5.74, 6) is 0.752. The van der Waals surface area contributed by atoms with Crippen molar-refractivity contribution in [3.63, 3.8) is 0 Å².